The van der Waals surface area contributed by atoms with Crippen molar-refractivity contribution in [2.45, 2.75) is 26.3 Å². The van der Waals surface area contributed by atoms with Crippen LogP contribution in [0.2, 0.25) is 0 Å². The van der Waals surface area contributed by atoms with Crippen LogP contribution in [0.25, 0.3) is 10.9 Å². The number of imidazole rings is 1. The molecular weight excluding hydrogens is 312 g/mol. The van der Waals surface area contributed by atoms with E-state index >= 15 is 0 Å². The van der Waals surface area contributed by atoms with Crippen LogP contribution in [0.15, 0.2) is 48.1 Å². The van der Waals surface area contributed by atoms with E-state index in [1.807, 2.05) is 12.5 Å². The molecule has 0 saturated heterocycles. The maximum atomic E-state index is 4.28. The summed E-state index contributed by atoms with van der Waals surface area (Å²) >= 11 is 0. The summed E-state index contributed by atoms with van der Waals surface area (Å²) in [5.74, 6) is 0.848. The number of fused-ring (bicyclic) bond motifs is 1. The van der Waals surface area contributed by atoms with E-state index in [1.54, 1.807) is 13.2 Å². The van der Waals surface area contributed by atoms with E-state index in [1.165, 1.54) is 22.0 Å². The third-order valence-electron chi connectivity index (χ3n) is 4.28. The number of benzene rings is 1. The fourth-order valence-electron chi connectivity index (χ4n) is 2.93. The van der Waals surface area contributed by atoms with Gasteiger partial charge in [-0.25, -0.2) is 4.98 Å². The number of nitrogens with zero attached hydrogens (tertiary/aromatic N) is 3. The van der Waals surface area contributed by atoms with Crippen molar-refractivity contribution in [3.63, 3.8) is 0 Å². The lowest BCUT2D eigenvalue weighted by Crippen LogP contribution is -2.38. The van der Waals surface area contributed by atoms with Crippen LogP contribution in [0, 0.1) is 6.92 Å². The highest BCUT2D eigenvalue weighted by Crippen LogP contribution is 2.19. The van der Waals surface area contributed by atoms with E-state index in [0.717, 1.165) is 38.4 Å². The summed E-state index contributed by atoms with van der Waals surface area (Å²) in [5.41, 5.74) is 3.81. The molecule has 3 N–H and O–H groups in total. The molecule has 2 aromatic heterocycles. The number of rotatable bonds is 7. The van der Waals surface area contributed by atoms with Crippen LogP contribution in [0.1, 0.15) is 17.5 Å². The number of aliphatic imine (C=N–C) groups is 1. The predicted molar refractivity (Wildman–Crippen MR) is 103 cm³/mol. The Hall–Kier alpha value is -2.76. The van der Waals surface area contributed by atoms with Gasteiger partial charge in [-0.15, -0.1) is 0 Å². The van der Waals surface area contributed by atoms with Crippen LogP contribution in [-0.4, -0.2) is 40.6 Å². The summed E-state index contributed by atoms with van der Waals surface area (Å²) in [5, 5.41) is 8.04. The monoisotopic (exact) mass is 338 g/mol. The molecule has 132 valence electrons. The maximum Gasteiger partial charge on any atom is 0.190 e. The average Bonchev–Trinajstić information content (AvgIpc) is 3.26. The zero-order valence-electron chi connectivity index (χ0n) is 14.9. The van der Waals surface area contributed by atoms with E-state index in [9.17, 15) is 0 Å². The number of H-pyrrole nitrogens is 1. The molecule has 0 aliphatic rings. The van der Waals surface area contributed by atoms with Gasteiger partial charge in [0, 0.05) is 56.2 Å². The molecule has 0 fully saturated rings. The summed E-state index contributed by atoms with van der Waals surface area (Å²) in [4.78, 5) is 11.7. The molecular formula is C19H26N6. The average molecular weight is 338 g/mol. The van der Waals surface area contributed by atoms with Crippen molar-refractivity contribution in [3.05, 3.63) is 54.2 Å². The van der Waals surface area contributed by atoms with Gasteiger partial charge >= 0.3 is 0 Å². The Bertz CT molecular complexity index is 816. The van der Waals surface area contributed by atoms with Crippen molar-refractivity contribution in [1.29, 1.82) is 0 Å². The molecule has 0 saturated carbocycles. The first-order valence-corrected chi connectivity index (χ1v) is 8.73. The number of nitrogens with one attached hydrogen (secondary N) is 3. The molecule has 0 aliphatic heterocycles. The zero-order valence-corrected chi connectivity index (χ0v) is 14.9. The van der Waals surface area contributed by atoms with E-state index in [-0.39, 0.29) is 0 Å². The molecule has 2 heterocycles. The van der Waals surface area contributed by atoms with Crippen LogP contribution in [0.3, 0.4) is 0 Å². The first-order chi connectivity index (χ1) is 12.3. The SMILES string of the molecule is CN=C(NCCCn1ccnc1)NCCc1c[nH]c2cc(C)ccc12. The van der Waals surface area contributed by atoms with Gasteiger partial charge in [0.05, 0.1) is 6.33 Å². The molecule has 6 heteroatoms. The smallest absolute Gasteiger partial charge is 0.190 e. The summed E-state index contributed by atoms with van der Waals surface area (Å²) in [7, 11) is 1.81. The lowest BCUT2D eigenvalue weighted by molar-refractivity contribution is 0.624. The van der Waals surface area contributed by atoms with E-state index < -0.39 is 0 Å². The van der Waals surface area contributed by atoms with Gasteiger partial charge in [-0.1, -0.05) is 12.1 Å². The van der Waals surface area contributed by atoms with Crippen LogP contribution >= 0.6 is 0 Å². The fourth-order valence-corrected chi connectivity index (χ4v) is 2.93. The Morgan fingerprint density at radius 3 is 2.96 bits per heavy atom. The summed E-state index contributed by atoms with van der Waals surface area (Å²) in [6, 6.07) is 6.54. The maximum absolute atomic E-state index is 4.28. The second-order valence-electron chi connectivity index (χ2n) is 6.19. The lowest BCUT2D eigenvalue weighted by Gasteiger charge is -2.11. The number of aromatic amines is 1. The summed E-state index contributed by atoms with van der Waals surface area (Å²) in [6.07, 6.45) is 9.72. The number of hydrogen-bond donors (Lipinski definition) is 3. The lowest BCUT2D eigenvalue weighted by atomic mass is 10.1. The molecule has 1 aromatic carbocycles. The largest absolute Gasteiger partial charge is 0.361 e. The number of guanidine groups is 1. The summed E-state index contributed by atoms with van der Waals surface area (Å²) < 4.78 is 2.08. The molecule has 0 atom stereocenters. The third kappa shape index (κ3) is 4.62. The highest BCUT2D eigenvalue weighted by atomic mass is 15.2. The van der Waals surface area contributed by atoms with Crippen molar-refractivity contribution in [3.8, 4) is 0 Å². The quantitative estimate of drug-likeness (QED) is 0.352. The minimum absolute atomic E-state index is 0.848. The Balaban J connectivity index is 1.41. The Kier molecular flexibility index (Phi) is 5.72. The normalized spacial score (nSPS) is 11.8. The number of hydrogen-bond acceptors (Lipinski definition) is 2. The Labute approximate surface area is 148 Å². The van der Waals surface area contributed by atoms with Gasteiger partial charge in [-0.3, -0.25) is 4.99 Å². The summed E-state index contributed by atoms with van der Waals surface area (Å²) in [6.45, 7) is 4.80. The Morgan fingerprint density at radius 1 is 1.28 bits per heavy atom. The standard InChI is InChI=1S/C19H26N6/c1-15-4-5-17-16(13-24-18(17)12-15)6-8-23-19(20-2)22-7-3-10-25-11-9-21-14-25/h4-5,9,11-14,24H,3,6-8,10H2,1-2H3,(H2,20,22,23). The molecule has 6 nitrogen and oxygen atoms in total. The van der Waals surface area contributed by atoms with Crippen molar-refractivity contribution < 1.29 is 0 Å². The molecule has 0 bridgehead atoms. The van der Waals surface area contributed by atoms with Gasteiger partial charge in [0.25, 0.3) is 0 Å². The second kappa shape index (κ2) is 8.37. The van der Waals surface area contributed by atoms with Gasteiger partial charge in [0.1, 0.15) is 0 Å². The van der Waals surface area contributed by atoms with Gasteiger partial charge in [0.15, 0.2) is 5.96 Å². The van der Waals surface area contributed by atoms with Crippen LogP contribution in [-0.2, 0) is 13.0 Å². The van der Waals surface area contributed by atoms with Crippen molar-refractivity contribution in [1.82, 2.24) is 25.2 Å². The zero-order chi connectivity index (χ0) is 17.5. The topological polar surface area (TPSA) is 70.0 Å². The molecule has 0 aliphatic carbocycles. The van der Waals surface area contributed by atoms with Crippen LogP contribution in [0.4, 0.5) is 0 Å². The van der Waals surface area contributed by atoms with Crippen LogP contribution < -0.4 is 10.6 Å². The molecule has 25 heavy (non-hydrogen) atoms. The highest BCUT2D eigenvalue weighted by Gasteiger charge is 2.04. The van der Waals surface area contributed by atoms with E-state index in [2.05, 4.69) is 61.5 Å². The van der Waals surface area contributed by atoms with Gasteiger partial charge in [0.2, 0.25) is 0 Å². The van der Waals surface area contributed by atoms with Gasteiger partial charge < -0.3 is 20.2 Å². The minimum Gasteiger partial charge on any atom is -0.361 e. The fraction of sp³-hybridized carbons (Fsp3) is 0.368. The molecule has 0 unspecified atom stereocenters. The van der Waals surface area contributed by atoms with Crippen molar-refractivity contribution >= 4 is 16.9 Å². The van der Waals surface area contributed by atoms with E-state index in [0.29, 0.717) is 0 Å². The number of aromatic nitrogens is 3. The number of aryl methyl sites for hydroxylation is 2. The molecule has 0 amide bonds. The highest BCUT2D eigenvalue weighted by molar-refractivity contribution is 5.84. The molecule has 0 radical (unpaired) electrons. The first-order valence-electron chi connectivity index (χ1n) is 8.73. The van der Waals surface area contributed by atoms with Crippen molar-refractivity contribution in [2.24, 2.45) is 4.99 Å². The molecule has 3 rings (SSSR count). The van der Waals surface area contributed by atoms with Gasteiger partial charge in [-0.2, -0.15) is 0 Å². The minimum atomic E-state index is 0.848. The van der Waals surface area contributed by atoms with Gasteiger partial charge in [-0.05, 0) is 37.0 Å². The molecule has 3 aromatic rings. The second-order valence-corrected chi connectivity index (χ2v) is 6.19. The third-order valence-corrected chi connectivity index (χ3v) is 4.28. The molecule has 0 spiro atoms. The predicted octanol–water partition coefficient (Wildman–Crippen LogP) is 2.47. The van der Waals surface area contributed by atoms with E-state index in [4.69, 9.17) is 0 Å². The van der Waals surface area contributed by atoms with Crippen molar-refractivity contribution in [2.75, 3.05) is 20.1 Å². The van der Waals surface area contributed by atoms with Crippen LogP contribution in [0.5, 0.6) is 0 Å². The Morgan fingerprint density at radius 2 is 2.16 bits per heavy atom. The first kappa shape index (κ1) is 17.1.